The van der Waals surface area contributed by atoms with Crippen LogP contribution in [0.2, 0.25) is 0 Å². The van der Waals surface area contributed by atoms with Gasteiger partial charge in [-0.1, -0.05) is 19.1 Å². The quantitative estimate of drug-likeness (QED) is 0.822. The van der Waals surface area contributed by atoms with Gasteiger partial charge in [-0.3, -0.25) is 5.10 Å². The molecule has 4 nitrogen and oxygen atoms in total. The Morgan fingerprint density at radius 1 is 1.28 bits per heavy atom. The average Bonchev–Trinajstić information content (AvgIpc) is 2.85. The van der Waals surface area contributed by atoms with Gasteiger partial charge in [0.25, 0.3) is 0 Å². The summed E-state index contributed by atoms with van der Waals surface area (Å²) >= 11 is 0. The Kier molecular flexibility index (Phi) is 4.36. The zero-order chi connectivity index (χ0) is 12.8. The molecule has 96 valence electrons. The van der Waals surface area contributed by atoms with E-state index in [0.717, 1.165) is 35.7 Å². The minimum atomic E-state index is 0.660. The molecule has 0 saturated heterocycles. The number of hydrogen-bond acceptors (Lipinski definition) is 3. The first-order valence-corrected chi connectivity index (χ1v) is 6.32. The smallest absolute Gasteiger partial charge is 0.128 e. The molecule has 18 heavy (non-hydrogen) atoms. The van der Waals surface area contributed by atoms with Crippen LogP contribution in [0.1, 0.15) is 19.4 Å². The summed E-state index contributed by atoms with van der Waals surface area (Å²) in [6.07, 6.45) is 1.86. The molecule has 0 aliphatic carbocycles. The van der Waals surface area contributed by atoms with E-state index in [4.69, 9.17) is 4.74 Å². The molecule has 0 radical (unpaired) electrons. The lowest BCUT2D eigenvalue weighted by atomic mass is 10.1. The highest BCUT2D eigenvalue weighted by Gasteiger charge is 2.11. The third-order valence-corrected chi connectivity index (χ3v) is 2.74. The maximum absolute atomic E-state index is 5.65. The zero-order valence-corrected chi connectivity index (χ0v) is 10.9. The van der Waals surface area contributed by atoms with E-state index < -0.39 is 0 Å². The molecule has 0 bridgehead atoms. The highest BCUT2D eigenvalue weighted by molar-refractivity contribution is 5.69. The summed E-state index contributed by atoms with van der Waals surface area (Å²) in [5.74, 6) is 0.891. The minimum Gasteiger partial charge on any atom is -0.493 e. The van der Waals surface area contributed by atoms with Crippen LogP contribution in [0, 0.1) is 0 Å². The van der Waals surface area contributed by atoms with Crippen LogP contribution in [0.4, 0.5) is 0 Å². The lowest BCUT2D eigenvalue weighted by Gasteiger charge is -2.10. The van der Waals surface area contributed by atoms with Crippen LogP contribution >= 0.6 is 0 Å². The molecular formula is C14H19N3O. The number of aromatic amines is 1. The molecule has 0 saturated carbocycles. The summed E-state index contributed by atoms with van der Waals surface area (Å²) < 4.78 is 5.65. The third-order valence-electron chi connectivity index (χ3n) is 2.74. The second-order valence-electron chi connectivity index (χ2n) is 3.98. The van der Waals surface area contributed by atoms with Crippen LogP contribution in [0.15, 0.2) is 30.5 Å². The van der Waals surface area contributed by atoms with Gasteiger partial charge in [-0.15, -0.1) is 0 Å². The predicted octanol–water partition coefficient (Wildman–Crippen LogP) is 2.58. The molecule has 0 aliphatic heterocycles. The zero-order valence-electron chi connectivity index (χ0n) is 10.9. The van der Waals surface area contributed by atoms with Crippen molar-refractivity contribution < 1.29 is 4.74 Å². The molecule has 2 rings (SSSR count). The van der Waals surface area contributed by atoms with Gasteiger partial charge in [-0.25, -0.2) is 0 Å². The number of H-pyrrole nitrogens is 1. The number of para-hydroxylation sites is 1. The van der Waals surface area contributed by atoms with E-state index in [0.29, 0.717) is 6.61 Å². The Morgan fingerprint density at radius 3 is 2.89 bits per heavy atom. The van der Waals surface area contributed by atoms with E-state index in [9.17, 15) is 0 Å². The van der Waals surface area contributed by atoms with Crippen molar-refractivity contribution in [3.63, 3.8) is 0 Å². The van der Waals surface area contributed by atoms with Gasteiger partial charge in [0, 0.05) is 17.7 Å². The van der Waals surface area contributed by atoms with Gasteiger partial charge in [0.15, 0.2) is 0 Å². The largest absolute Gasteiger partial charge is 0.493 e. The van der Waals surface area contributed by atoms with Crippen LogP contribution in [-0.2, 0) is 6.54 Å². The maximum atomic E-state index is 5.65. The molecule has 0 spiro atoms. The van der Waals surface area contributed by atoms with Gasteiger partial charge in [0.05, 0.1) is 18.5 Å². The number of aromatic nitrogens is 2. The number of nitrogens with one attached hydrogen (secondary N) is 2. The number of ether oxygens (including phenoxy) is 1. The van der Waals surface area contributed by atoms with E-state index in [-0.39, 0.29) is 0 Å². The fraction of sp³-hybridized carbons (Fsp3) is 0.357. The second-order valence-corrected chi connectivity index (χ2v) is 3.98. The van der Waals surface area contributed by atoms with Gasteiger partial charge in [-0.05, 0) is 25.6 Å². The number of benzene rings is 1. The first-order valence-electron chi connectivity index (χ1n) is 6.32. The van der Waals surface area contributed by atoms with Gasteiger partial charge in [-0.2, -0.15) is 5.10 Å². The van der Waals surface area contributed by atoms with Crippen LogP contribution in [0.3, 0.4) is 0 Å². The Bertz CT molecular complexity index is 493. The third kappa shape index (κ3) is 2.71. The van der Waals surface area contributed by atoms with Crippen molar-refractivity contribution in [3.8, 4) is 17.0 Å². The van der Waals surface area contributed by atoms with Crippen LogP contribution in [0.5, 0.6) is 5.75 Å². The monoisotopic (exact) mass is 245 g/mol. The SMILES string of the molecule is CCNCc1cn[nH]c1-c1ccccc1OCC. The first kappa shape index (κ1) is 12.6. The van der Waals surface area contributed by atoms with Crippen molar-refractivity contribution in [2.24, 2.45) is 0 Å². The molecule has 0 atom stereocenters. The Balaban J connectivity index is 2.33. The molecule has 2 N–H and O–H groups in total. The lowest BCUT2D eigenvalue weighted by Crippen LogP contribution is -2.11. The standard InChI is InChI=1S/C14H19N3O/c1-3-15-9-11-10-16-17-14(11)12-7-5-6-8-13(12)18-4-2/h5-8,10,15H,3-4,9H2,1-2H3,(H,16,17). The summed E-state index contributed by atoms with van der Waals surface area (Å²) in [4.78, 5) is 0. The molecule has 2 aromatic rings. The Labute approximate surface area is 107 Å². The van der Waals surface area contributed by atoms with Crippen LogP contribution in [-0.4, -0.2) is 23.3 Å². The van der Waals surface area contributed by atoms with Gasteiger partial charge in [0.2, 0.25) is 0 Å². The highest BCUT2D eigenvalue weighted by Crippen LogP contribution is 2.30. The second kappa shape index (κ2) is 6.21. The first-order chi connectivity index (χ1) is 8.86. The summed E-state index contributed by atoms with van der Waals surface area (Å²) in [6, 6.07) is 8.02. The molecule has 0 aliphatic rings. The molecule has 1 aromatic heterocycles. The average molecular weight is 245 g/mol. The van der Waals surface area contributed by atoms with Crippen molar-refractivity contribution in [3.05, 3.63) is 36.0 Å². The van der Waals surface area contributed by atoms with E-state index >= 15 is 0 Å². The molecule has 0 unspecified atom stereocenters. The number of nitrogens with zero attached hydrogens (tertiary/aromatic N) is 1. The van der Waals surface area contributed by atoms with Gasteiger partial charge < -0.3 is 10.1 Å². The van der Waals surface area contributed by atoms with Crippen molar-refractivity contribution >= 4 is 0 Å². The van der Waals surface area contributed by atoms with Crippen molar-refractivity contribution in [2.75, 3.05) is 13.2 Å². The molecule has 1 heterocycles. The maximum Gasteiger partial charge on any atom is 0.128 e. The van der Waals surface area contributed by atoms with Crippen molar-refractivity contribution in [1.29, 1.82) is 0 Å². The fourth-order valence-corrected chi connectivity index (χ4v) is 1.89. The Morgan fingerprint density at radius 2 is 2.11 bits per heavy atom. The van der Waals surface area contributed by atoms with E-state index in [1.54, 1.807) is 0 Å². The van der Waals surface area contributed by atoms with Crippen molar-refractivity contribution in [2.45, 2.75) is 20.4 Å². The fourth-order valence-electron chi connectivity index (χ4n) is 1.89. The van der Waals surface area contributed by atoms with E-state index in [2.05, 4.69) is 22.4 Å². The molecule has 0 amide bonds. The summed E-state index contributed by atoms with van der Waals surface area (Å²) in [7, 11) is 0. The van der Waals surface area contributed by atoms with Gasteiger partial charge >= 0.3 is 0 Å². The Hall–Kier alpha value is -1.81. The predicted molar refractivity (Wildman–Crippen MR) is 72.6 cm³/mol. The highest BCUT2D eigenvalue weighted by atomic mass is 16.5. The molecule has 4 heteroatoms. The van der Waals surface area contributed by atoms with Gasteiger partial charge in [0.1, 0.15) is 5.75 Å². The number of rotatable bonds is 6. The molecule has 1 aromatic carbocycles. The molecule has 0 fully saturated rings. The lowest BCUT2D eigenvalue weighted by molar-refractivity contribution is 0.341. The van der Waals surface area contributed by atoms with Crippen molar-refractivity contribution in [1.82, 2.24) is 15.5 Å². The topological polar surface area (TPSA) is 49.9 Å². The van der Waals surface area contributed by atoms with Crippen LogP contribution < -0.4 is 10.1 Å². The van der Waals surface area contributed by atoms with E-state index in [1.807, 2.05) is 37.4 Å². The molecular weight excluding hydrogens is 226 g/mol. The normalized spacial score (nSPS) is 10.6. The minimum absolute atomic E-state index is 0.660. The number of hydrogen-bond donors (Lipinski definition) is 2. The summed E-state index contributed by atoms with van der Waals surface area (Å²) in [6.45, 7) is 6.49. The summed E-state index contributed by atoms with van der Waals surface area (Å²) in [5.41, 5.74) is 3.24. The van der Waals surface area contributed by atoms with Crippen LogP contribution in [0.25, 0.3) is 11.3 Å². The summed E-state index contributed by atoms with van der Waals surface area (Å²) in [5, 5.41) is 10.5. The van der Waals surface area contributed by atoms with E-state index in [1.165, 1.54) is 0 Å².